The summed E-state index contributed by atoms with van der Waals surface area (Å²) in [7, 11) is 0. The molecule has 3 aromatic rings. The van der Waals surface area contributed by atoms with Crippen molar-refractivity contribution >= 4 is 28.6 Å². The predicted octanol–water partition coefficient (Wildman–Crippen LogP) is 3.56. The van der Waals surface area contributed by atoms with E-state index in [4.69, 9.17) is 21.1 Å². The van der Waals surface area contributed by atoms with Gasteiger partial charge in [-0.05, 0) is 35.9 Å². The molecule has 0 saturated carbocycles. The molecule has 0 unspecified atom stereocenters. The van der Waals surface area contributed by atoms with Crippen molar-refractivity contribution in [2.24, 2.45) is 0 Å². The van der Waals surface area contributed by atoms with Crippen molar-refractivity contribution < 1.29 is 9.47 Å². The van der Waals surface area contributed by atoms with Gasteiger partial charge in [0.2, 0.25) is 12.7 Å². The van der Waals surface area contributed by atoms with Gasteiger partial charge in [0.15, 0.2) is 11.5 Å². The van der Waals surface area contributed by atoms with E-state index in [0.29, 0.717) is 17.5 Å². The van der Waals surface area contributed by atoms with Crippen LogP contribution in [0.25, 0.3) is 11.0 Å². The molecule has 0 bridgehead atoms. The minimum absolute atomic E-state index is 0.288. The van der Waals surface area contributed by atoms with E-state index in [-0.39, 0.29) is 6.79 Å². The molecule has 21 heavy (non-hydrogen) atoms. The standard InChI is InChI=1S/C15H12ClN3O2/c16-10-2-3-11-12(6-10)19-15(18-11)17-7-9-1-4-13-14(5-9)21-8-20-13/h1-6H,7-8H2,(H2,17,18,19). The number of H-pyrrole nitrogens is 1. The number of aromatic nitrogens is 2. The highest BCUT2D eigenvalue weighted by atomic mass is 35.5. The molecule has 5 nitrogen and oxygen atoms in total. The van der Waals surface area contributed by atoms with Gasteiger partial charge < -0.3 is 19.8 Å². The molecular weight excluding hydrogens is 290 g/mol. The summed E-state index contributed by atoms with van der Waals surface area (Å²) in [5.41, 5.74) is 2.89. The first-order chi connectivity index (χ1) is 10.3. The maximum atomic E-state index is 5.96. The molecule has 0 radical (unpaired) electrons. The maximum Gasteiger partial charge on any atom is 0.231 e. The van der Waals surface area contributed by atoms with Crippen LogP contribution >= 0.6 is 11.6 Å². The number of hydrogen-bond acceptors (Lipinski definition) is 4. The Morgan fingerprint density at radius 1 is 1.14 bits per heavy atom. The van der Waals surface area contributed by atoms with Crippen LogP contribution in [0.5, 0.6) is 11.5 Å². The summed E-state index contributed by atoms with van der Waals surface area (Å²) in [5, 5.41) is 3.94. The van der Waals surface area contributed by atoms with Gasteiger partial charge in [-0.1, -0.05) is 17.7 Å². The number of nitrogens with zero attached hydrogens (tertiary/aromatic N) is 1. The Hall–Kier alpha value is -2.40. The quantitative estimate of drug-likeness (QED) is 0.776. The first kappa shape index (κ1) is 12.3. The molecule has 1 aromatic heterocycles. The number of anilines is 1. The van der Waals surface area contributed by atoms with Crippen molar-refractivity contribution in [1.29, 1.82) is 0 Å². The summed E-state index contributed by atoms with van der Waals surface area (Å²) in [4.78, 5) is 7.66. The molecule has 1 aliphatic rings. The summed E-state index contributed by atoms with van der Waals surface area (Å²) in [6, 6.07) is 11.5. The predicted molar refractivity (Wildman–Crippen MR) is 81.0 cm³/mol. The van der Waals surface area contributed by atoms with Gasteiger partial charge in [0.1, 0.15) is 0 Å². The Morgan fingerprint density at radius 3 is 3.00 bits per heavy atom. The largest absolute Gasteiger partial charge is 0.454 e. The summed E-state index contributed by atoms with van der Waals surface area (Å²) < 4.78 is 10.7. The Balaban J connectivity index is 1.52. The summed E-state index contributed by atoms with van der Waals surface area (Å²) in [6.07, 6.45) is 0. The molecule has 4 rings (SSSR count). The number of rotatable bonds is 3. The second-order valence-corrected chi connectivity index (χ2v) is 5.22. The highest BCUT2D eigenvalue weighted by molar-refractivity contribution is 6.31. The minimum atomic E-state index is 0.288. The number of nitrogens with one attached hydrogen (secondary N) is 2. The maximum absolute atomic E-state index is 5.96. The lowest BCUT2D eigenvalue weighted by molar-refractivity contribution is 0.174. The Labute approximate surface area is 125 Å². The van der Waals surface area contributed by atoms with Gasteiger partial charge in [0.25, 0.3) is 0 Å². The van der Waals surface area contributed by atoms with Gasteiger partial charge in [0.05, 0.1) is 11.0 Å². The lowest BCUT2D eigenvalue weighted by Gasteiger charge is -2.04. The van der Waals surface area contributed by atoms with Crippen LogP contribution in [0.4, 0.5) is 5.95 Å². The SMILES string of the molecule is Clc1ccc2nc(NCc3ccc4c(c3)OCO4)[nH]c2c1. The molecular formula is C15H12ClN3O2. The fraction of sp³-hybridized carbons (Fsp3) is 0.133. The Morgan fingerprint density at radius 2 is 2.05 bits per heavy atom. The fourth-order valence-corrected chi connectivity index (χ4v) is 2.47. The zero-order valence-electron chi connectivity index (χ0n) is 11.0. The van der Waals surface area contributed by atoms with Crippen LogP contribution in [-0.4, -0.2) is 16.8 Å². The molecule has 6 heteroatoms. The van der Waals surface area contributed by atoms with Gasteiger partial charge in [-0.3, -0.25) is 0 Å². The van der Waals surface area contributed by atoms with Crippen LogP contribution in [0.15, 0.2) is 36.4 Å². The van der Waals surface area contributed by atoms with Crippen molar-refractivity contribution in [3.63, 3.8) is 0 Å². The van der Waals surface area contributed by atoms with E-state index in [0.717, 1.165) is 28.1 Å². The second-order valence-electron chi connectivity index (χ2n) is 4.79. The van der Waals surface area contributed by atoms with E-state index in [1.807, 2.05) is 36.4 Å². The lowest BCUT2D eigenvalue weighted by atomic mass is 10.2. The fourth-order valence-electron chi connectivity index (χ4n) is 2.30. The van der Waals surface area contributed by atoms with Gasteiger partial charge >= 0.3 is 0 Å². The van der Waals surface area contributed by atoms with Crippen LogP contribution in [0.1, 0.15) is 5.56 Å². The van der Waals surface area contributed by atoms with Crippen LogP contribution in [0, 0.1) is 0 Å². The number of imidazole rings is 1. The molecule has 0 saturated heterocycles. The third-order valence-electron chi connectivity index (χ3n) is 3.34. The van der Waals surface area contributed by atoms with Gasteiger partial charge in [0, 0.05) is 11.6 Å². The first-order valence-corrected chi connectivity index (χ1v) is 6.93. The highest BCUT2D eigenvalue weighted by Crippen LogP contribution is 2.32. The van der Waals surface area contributed by atoms with E-state index in [1.165, 1.54) is 0 Å². The molecule has 0 aliphatic carbocycles. The molecule has 0 atom stereocenters. The molecule has 2 heterocycles. The van der Waals surface area contributed by atoms with Crippen molar-refractivity contribution in [1.82, 2.24) is 9.97 Å². The van der Waals surface area contributed by atoms with Crippen LogP contribution in [0.3, 0.4) is 0 Å². The molecule has 2 aromatic carbocycles. The van der Waals surface area contributed by atoms with Crippen LogP contribution in [-0.2, 0) is 6.54 Å². The number of aromatic amines is 1. The van der Waals surface area contributed by atoms with E-state index in [1.54, 1.807) is 0 Å². The molecule has 2 N–H and O–H groups in total. The topological polar surface area (TPSA) is 59.2 Å². The third kappa shape index (κ3) is 2.36. The molecule has 0 amide bonds. The monoisotopic (exact) mass is 301 g/mol. The first-order valence-electron chi connectivity index (χ1n) is 6.55. The van der Waals surface area contributed by atoms with Crippen LogP contribution < -0.4 is 14.8 Å². The zero-order chi connectivity index (χ0) is 14.2. The van der Waals surface area contributed by atoms with Gasteiger partial charge in [-0.15, -0.1) is 0 Å². The smallest absolute Gasteiger partial charge is 0.231 e. The highest BCUT2D eigenvalue weighted by Gasteiger charge is 2.13. The number of fused-ring (bicyclic) bond motifs is 2. The zero-order valence-corrected chi connectivity index (χ0v) is 11.8. The van der Waals surface area contributed by atoms with Crippen molar-refractivity contribution in [3.05, 3.63) is 47.0 Å². The molecule has 106 valence electrons. The minimum Gasteiger partial charge on any atom is -0.454 e. The van der Waals surface area contributed by atoms with E-state index < -0.39 is 0 Å². The van der Waals surface area contributed by atoms with Crippen molar-refractivity contribution in [3.8, 4) is 11.5 Å². The van der Waals surface area contributed by atoms with Crippen LogP contribution in [0.2, 0.25) is 5.02 Å². The normalized spacial score (nSPS) is 12.8. The Bertz CT molecular complexity index is 816. The van der Waals surface area contributed by atoms with Gasteiger partial charge in [-0.2, -0.15) is 0 Å². The lowest BCUT2D eigenvalue weighted by Crippen LogP contribution is -2.00. The Kier molecular flexibility index (Phi) is 2.86. The summed E-state index contributed by atoms with van der Waals surface area (Å²) in [5.74, 6) is 2.28. The average molecular weight is 302 g/mol. The second kappa shape index (κ2) is 4.86. The molecule has 0 spiro atoms. The third-order valence-corrected chi connectivity index (χ3v) is 3.58. The summed E-state index contributed by atoms with van der Waals surface area (Å²) in [6.45, 7) is 0.931. The molecule has 0 fully saturated rings. The number of ether oxygens (including phenoxy) is 2. The van der Waals surface area contributed by atoms with Crippen molar-refractivity contribution in [2.75, 3.05) is 12.1 Å². The van der Waals surface area contributed by atoms with E-state index >= 15 is 0 Å². The average Bonchev–Trinajstić information content (AvgIpc) is 3.09. The number of hydrogen-bond donors (Lipinski definition) is 2. The van der Waals surface area contributed by atoms with E-state index in [2.05, 4.69) is 15.3 Å². The van der Waals surface area contributed by atoms with E-state index in [9.17, 15) is 0 Å². The van der Waals surface area contributed by atoms with Crippen molar-refractivity contribution in [2.45, 2.75) is 6.54 Å². The summed E-state index contributed by atoms with van der Waals surface area (Å²) >= 11 is 5.96. The number of halogens is 1. The van der Waals surface area contributed by atoms with Gasteiger partial charge in [-0.25, -0.2) is 4.98 Å². The molecule has 1 aliphatic heterocycles. The number of benzene rings is 2.